The molecule has 96 valence electrons. The molecular weight excluding hydrogens is 208 g/mol. The number of hydrogen-bond donors (Lipinski definition) is 0. The Balaban J connectivity index is 1.81. The van der Waals surface area contributed by atoms with E-state index < -0.39 is 0 Å². The minimum atomic E-state index is 0.133. The second-order valence-corrected chi connectivity index (χ2v) is 7.58. The topological polar surface area (TPSA) is 17.1 Å². The zero-order chi connectivity index (χ0) is 12.1. The molecule has 2 unspecified atom stereocenters. The largest absolute Gasteiger partial charge is 0.299 e. The summed E-state index contributed by atoms with van der Waals surface area (Å²) in [5.74, 6) is 2.39. The Hall–Kier alpha value is -0.330. The maximum Gasteiger partial charge on any atom is 0.139 e. The van der Waals surface area contributed by atoms with E-state index in [1.54, 1.807) is 0 Å². The van der Waals surface area contributed by atoms with Gasteiger partial charge in [-0.05, 0) is 62.2 Å². The van der Waals surface area contributed by atoms with Gasteiger partial charge in [0.25, 0.3) is 0 Å². The lowest BCUT2D eigenvalue weighted by Crippen LogP contribution is -2.53. The van der Waals surface area contributed by atoms with Crippen molar-refractivity contribution in [2.75, 3.05) is 0 Å². The van der Waals surface area contributed by atoms with Crippen LogP contribution in [0, 0.1) is 22.7 Å². The van der Waals surface area contributed by atoms with Gasteiger partial charge >= 0.3 is 0 Å². The average molecular weight is 234 g/mol. The third-order valence-corrected chi connectivity index (χ3v) is 5.70. The first-order valence-electron chi connectivity index (χ1n) is 7.59. The summed E-state index contributed by atoms with van der Waals surface area (Å²) in [6, 6.07) is 0. The van der Waals surface area contributed by atoms with E-state index in [4.69, 9.17) is 0 Å². The lowest BCUT2D eigenvalue weighted by atomic mass is 9.43. The van der Waals surface area contributed by atoms with Crippen molar-refractivity contribution in [3.63, 3.8) is 0 Å². The first-order chi connectivity index (χ1) is 8.05. The van der Waals surface area contributed by atoms with E-state index in [1.807, 2.05) is 0 Å². The second-order valence-electron chi connectivity index (χ2n) is 7.58. The Bertz CT molecular complexity index is 316. The van der Waals surface area contributed by atoms with E-state index >= 15 is 0 Å². The molecule has 0 amide bonds. The predicted octanol–water partition coefficient (Wildman–Crippen LogP) is 4.35. The summed E-state index contributed by atoms with van der Waals surface area (Å²) < 4.78 is 0. The molecule has 0 spiro atoms. The molecule has 1 heteroatoms. The van der Waals surface area contributed by atoms with E-state index in [0.717, 1.165) is 31.1 Å². The van der Waals surface area contributed by atoms with Crippen molar-refractivity contribution >= 4 is 5.78 Å². The van der Waals surface area contributed by atoms with E-state index in [1.165, 1.54) is 38.5 Å². The number of rotatable bonds is 4. The minimum Gasteiger partial charge on any atom is -0.299 e. The predicted molar refractivity (Wildman–Crippen MR) is 69.8 cm³/mol. The fraction of sp³-hybridized carbons (Fsp3) is 0.938. The van der Waals surface area contributed by atoms with Crippen LogP contribution in [0.25, 0.3) is 0 Å². The lowest BCUT2D eigenvalue weighted by molar-refractivity contribution is -0.153. The molecule has 4 fully saturated rings. The summed E-state index contributed by atoms with van der Waals surface area (Å²) in [6.45, 7) is 4.64. The number of unbranched alkanes of at least 4 members (excludes halogenated alkanes) is 1. The number of ketones is 1. The average Bonchev–Trinajstić information content (AvgIpc) is 2.22. The summed E-state index contributed by atoms with van der Waals surface area (Å²) in [5.41, 5.74) is 0.653. The fourth-order valence-electron chi connectivity index (χ4n) is 5.65. The number of Topliss-reactive ketones (excluding diaryl/α,β-unsaturated/α-hetero) is 1. The van der Waals surface area contributed by atoms with Crippen molar-refractivity contribution in [2.24, 2.45) is 22.7 Å². The molecular formula is C16H26O. The Labute approximate surface area is 105 Å². The Morgan fingerprint density at radius 3 is 2.35 bits per heavy atom. The van der Waals surface area contributed by atoms with E-state index in [0.29, 0.717) is 11.2 Å². The smallest absolute Gasteiger partial charge is 0.139 e. The van der Waals surface area contributed by atoms with E-state index in [9.17, 15) is 4.79 Å². The number of carbonyl (C=O) groups is 1. The summed E-state index contributed by atoms with van der Waals surface area (Å²) in [6.07, 6.45) is 11.1. The van der Waals surface area contributed by atoms with Crippen LogP contribution in [-0.4, -0.2) is 5.78 Å². The van der Waals surface area contributed by atoms with Crippen LogP contribution in [0.4, 0.5) is 0 Å². The Kier molecular flexibility index (Phi) is 2.65. The van der Waals surface area contributed by atoms with Crippen molar-refractivity contribution in [1.82, 2.24) is 0 Å². The molecule has 0 aromatic rings. The molecule has 0 aromatic heterocycles. The van der Waals surface area contributed by atoms with Crippen LogP contribution < -0.4 is 0 Å². The molecule has 0 radical (unpaired) electrons. The Morgan fingerprint density at radius 1 is 1.18 bits per heavy atom. The highest BCUT2D eigenvalue weighted by atomic mass is 16.1. The number of carbonyl (C=O) groups excluding carboxylic acids is 1. The Morgan fingerprint density at radius 2 is 1.82 bits per heavy atom. The van der Waals surface area contributed by atoms with Crippen molar-refractivity contribution < 1.29 is 4.79 Å². The van der Waals surface area contributed by atoms with Gasteiger partial charge in [0.05, 0.1) is 0 Å². The molecule has 0 saturated heterocycles. The fourth-order valence-corrected chi connectivity index (χ4v) is 5.65. The number of hydrogen-bond acceptors (Lipinski definition) is 1. The van der Waals surface area contributed by atoms with Gasteiger partial charge in [-0.25, -0.2) is 0 Å². The van der Waals surface area contributed by atoms with Gasteiger partial charge in [0.1, 0.15) is 5.78 Å². The van der Waals surface area contributed by atoms with Gasteiger partial charge < -0.3 is 0 Å². The molecule has 0 heterocycles. The summed E-state index contributed by atoms with van der Waals surface area (Å²) >= 11 is 0. The maximum atomic E-state index is 12.6. The van der Waals surface area contributed by atoms with Crippen molar-refractivity contribution in [3.05, 3.63) is 0 Å². The van der Waals surface area contributed by atoms with Crippen LogP contribution in [0.3, 0.4) is 0 Å². The van der Waals surface area contributed by atoms with Gasteiger partial charge in [0.2, 0.25) is 0 Å². The van der Waals surface area contributed by atoms with E-state index in [-0.39, 0.29) is 5.41 Å². The first kappa shape index (κ1) is 11.7. The van der Waals surface area contributed by atoms with E-state index in [2.05, 4.69) is 13.8 Å². The third-order valence-electron chi connectivity index (χ3n) is 5.70. The second kappa shape index (κ2) is 3.83. The molecule has 4 bridgehead atoms. The summed E-state index contributed by atoms with van der Waals surface area (Å²) in [7, 11) is 0. The van der Waals surface area contributed by atoms with Crippen LogP contribution in [0.1, 0.15) is 71.6 Å². The third kappa shape index (κ3) is 1.86. The van der Waals surface area contributed by atoms with Crippen molar-refractivity contribution in [1.29, 1.82) is 0 Å². The normalized spacial score (nSPS) is 47.4. The molecule has 0 N–H and O–H groups in total. The zero-order valence-corrected chi connectivity index (χ0v) is 11.4. The monoisotopic (exact) mass is 234 g/mol. The highest BCUT2D eigenvalue weighted by Crippen LogP contribution is 2.65. The van der Waals surface area contributed by atoms with Gasteiger partial charge in [-0.1, -0.05) is 20.3 Å². The zero-order valence-electron chi connectivity index (χ0n) is 11.4. The summed E-state index contributed by atoms with van der Waals surface area (Å²) in [5, 5.41) is 0. The molecule has 1 nitrogen and oxygen atoms in total. The molecule has 0 aliphatic heterocycles. The van der Waals surface area contributed by atoms with Gasteiger partial charge in [-0.15, -0.1) is 0 Å². The van der Waals surface area contributed by atoms with Crippen molar-refractivity contribution in [3.8, 4) is 0 Å². The molecule has 17 heavy (non-hydrogen) atoms. The highest BCUT2D eigenvalue weighted by Gasteiger charge is 2.58. The van der Waals surface area contributed by atoms with Crippen LogP contribution in [0.15, 0.2) is 0 Å². The SMILES string of the molecule is CCCCC(=O)C12CC3CC(CC(C)(C3)C1)C2. The standard InChI is InChI=1S/C16H26O/c1-3-4-5-14(17)16-9-12-6-13(10-16)8-15(2,7-12)11-16/h12-13H,3-11H2,1-2H3. The van der Waals surface area contributed by atoms with Crippen LogP contribution in [0.5, 0.6) is 0 Å². The van der Waals surface area contributed by atoms with Crippen LogP contribution >= 0.6 is 0 Å². The van der Waals surface area contributed by atoms with Gasteiger partial charge in [-0.3, -0.25) is 4.79 Å². The quantitative estimate of drug-likeness (QED) is 0.706. The molecule has 4 aliphatic rings. The first-order valence-corrected chi connectivity index (χ1v) is 7.59. The summed E-state index contributed by atoms with van der Waals surface area (Å²) in [4.78, 5) is 12.6. The maximum absolute atomic E-state index is 12.6. The molecule has 0 aromatic carbocycles. The minimum absolute atomic E-state index is 0.133. The molecule has 4 saturated carbocycles. The van der Waals surface area contributed by atoms with Gasteiger partial charge in [-0.2, -0.15) is 0 Å². The van der Waals surface area contributed by atoms with Crippen LogP contribution in [-0.2, 0) is 4.79 Å². The van der Waals surface area contributed by atoms with Gasteiger partial charge in [0.15, 0.2) is 0 Å². The molecule has 4 aliphatic carbocycles. The lowest BCUT2D eigenvalue weighted by Gasteiger charge is -2.60. The molecule has 2 atom stereocenters. The highest BCUT2D eigenvalue weighted by molar-refractivity contribution is 5.85. The molecule has 4 rings (SSSR count). The van der Waals surface area contributed by atoms with Crippen LogP contribution in [0.2, 0.25) is 0 Å². The van der Waals surface area contributed by atoms with Gasteiger partial charge in [0, 0.05) is 11.8 Å². The van der Waals surface area contributed by atoms with Crippen molar-refractivity contribution in [2.45, 2.75) is 71.6 Å².